The van der Waals surface area contributed by atoms with E-state index in [1.54, 1.807) is 11.9 Å². The second-order valence-electron chi connectivity index (χ2n) is 10.4. The van der Waals surface area contributed by atoms with Crippen molar-refractivity contribution in [3.8, 4) is 5.75 Å². The number of carbonyl (C=O) groups excluding carboxylic acids is 1. The van der Waals surface area contributed by atoms with Gasteiger partial charge in [0.25, 0.3) is 5.92 Å². The van der Waals surface area contributed by atoms with Crippen LogP contribution in [0.15, 0.2) is 18.2 Å². The van der Waals surface area contributed by atoms with Crippen molar-refractivity contribution < 1.29 is 27.1 Å². The molecule has 36 heavy (non-hydrogen) atoms. The molecule has 3 heterocycles. The van der Waals surface area contributed by atoms with Crippen LogP contribution in [0, 0.1) is 11.6 Å². The van der Waals surface area contributed by atoms with E-state index in [0.717, 1.165) is 25.0 Å². The van der Waals surface area contributed by atoms with E-state index in [1.807, 2.05) is 4.90 Å². The molecule has 2 aliphatic heterocycles. The Kier molecular flexibility index (Phi) is 5.31. The van der Waals surface area contributed by atoms with Crippen molar-refractivity contribution >= 4 is 17.5 Å². The third kappa shape index (κ3) is 4.02. The molecule has 7 nitrogen and oxygen atoms in total. The summed E-state index contributed by atoms with van der Waals surface area (Å²) in [5.74, 6) is -3.02. The standard InChI is InChI=1S/C25H27F4N5O2/c1-33-13-18-20(24(6-7-24)23(33)35)32-22(21(31-18)30-15-11-25(28,29)12-15)34-8-4-16(5-9-34)36-19-3-2-14(26)10-17(19)27/h2-3,10,15-16H,4-9,11-13H2,1H3,(H,30,31). The van der Waals surface area contributed by atoms with Gasteiger partial charge in [0.1, 0.15) is 11.9 Å². The lowest BCUT2D eigenvalue weighted by Gasteiger charge is -2.39. The first-order valence-corrected chi connectivity index (χ1v) is 12.3. The van der Waals surface area contributed by atoms with Crippen molar-refractivity contribution in [1.82, 2.24) is 14.9 Å². The number of hydrogen-bond donors (Lipinski definition) is 1. The Hall–Kier alpha value is -3.11. The van der Waals surface area contributed by atoms with Gasteiger partial charge in [-0.15, -0.1) is 0 Å². The molecule has 2 aliphatic carbocycles. The highest BCUT2D eigenvalue weighted by Gasteiger charge is 2.58. The molecule has 3 fully saturated rings. The zero-order valence-corrected chi connectivity index (χ0v) is 19.9. The van der Waals surface area contributed by atoms with E-state index in [1.165, 1.54) is 6.07 Å². The molecule has 6 rings (SSSR count). The minimum atomic E-state index is -2.67. The fraction of sp³-hybridized carbons (Fsp3) is 0.560. The maximum atomic E-state index is 14.0. The van der Waals surface area contributed by atoms with Gasteiger partial charge in [0, 0.05) is 57.9 Å². The minimum Gasteiger partial charge on any atom is -0.487 e. The quantitative estimate of drug-likeness (QED) is 0.620. The number of fused-ring (bicyclic) bond motifs is 2. The molecular weight excluding hydrogens is 478 g/mol. The monoisotopic (exact) mass is 505 g/mol. The van der Waals surface area contributed by atoms with Crippen LogP contribution in [0.5, 0.6) is 5.75 Å². The summed E-state index contributed by atoms with van der Waals surface area (Å²) in [5.41, 5.74) is 0.766. The van der Waals surface area contributed by atoms with E-state index in [4.69, 9.17) is 14.7 Å². The lowest BCUT2D eigenvalue weighted by atomic mass is 9.88. The van der Waals surface area contributed by atoms with Gasteiger partial charge in [0.05, 0.1) is 23.3 Å². The Balaban J connectivity index is 1.24. The van der Waals surface area contributed by atoms with Crippen molar-refractivity contribution in [2.24, 2.45) is 0 Å². The van der Waals surface area contributed by atoms with Crippen LogP contribution in [-0.4, -0.2) is 59.0 Å². The van der Waals surface area contributed by atoms with Gasteiger partial charge in [0.15, 0.2) is 23.2 Å². The molecule has 0 unspecified atom stereocenters. The highest BCUT2D eigenvalue weighted by atomic mass is 19.3. The number of halogens is 4. The average Bonchev–Trinajstić information content (AvgIpc) is 3.61. The first kappa shape index (κ1) is 23.3. The lowest BCUT2D eigenvalue weighted by Crippen LogP contribution is -2.46. The molecule has 192 valence electrons. The van der Waals surface area contributed by atoms with Crippen LogP contribution >= 0.6 is 0 Å². The van der Waals surface area contributed by atoms with Crippen molar-refractivity contribution in [2.75, 3.05) is 30.4 Å². The fourth-order valence-electron chi connectivity index (χ4n) is 5.50. The summed E-state index contributed by atoms with van der Waals surface area (Å²) in [7, 11) is 1.75. The Morgan fingerprint density at radius 1 is 1.11 bits per heavy atom. The third-order valence-corrected chi connectivity index (χ3v) is 7.66. The van der Waals surface area contributed by atoms with Gasteiger partial charge in [-0.05, 0) is 25.0 Å². The zero-order valence-electron chi connectivity index (χ0n) is 19.9. The summed E-state index contributed by atoms with van der Waals surface area (Å²) in [6, 6.07) is 2.84. The number of ether oxygens (including phenoxy) is 1. The van der Waals surface area contributed by atoms with Crippen LogP contribution in [-0.2, 0) is 16.8 Å². The number of rotatable bonds is 5. The number of nitrogens with one attached hydrogen (secondary N) is 1. The number of likely N-dealkylation sites (N-methyl/N-ethyl adjacent to an activating group) is 1. The predicted octanol–water partition coefficient (Wildman–Crippen LogP) is 4.02. The van der Waals surface area contributed by atoms with Crippen LogP contribution in [0.2, 0.25) is 0 Å². The number of hydrogen-bond acceptors (Lipinski definition) is 6. The van der Waals surface area contributed by atoms with Crippen molar-refractivity contribution in [3.63, 3.8) is 0 Å². The number of carbonyl (C=O) groups is 1. The molecule has 1 N–H and O–H groups in total. The number of nitrogens with zero attached hydrogens (tertiary/aromatic N) is 4. The van der Waals surface area contributed by atoms with Crippen LogP contribution in [0.4, 0.5) is 29.2 Å². The Bertz CT molecular complexity index is 1210. The van der Waals surface area contributed by atoms with Gasteiger partial charge < -0.3 is 19.9 Å². The summed E-state index contributed by atoms with van der Waals surface area (Å²) in [6.45, 7) is 1.38. The molecule has 1 saturated heterocycles. The van der Waals surface area contributed by atoms with Crippen molar-refractivity contribution in [1.29, 1.82) is 0 Å². The largest absolute Gasteiger partial charge is 0.487 e. The van der Waals surface area contributed by atoms with Gasteiger partial charge in [-0.2, -0.15) is 0 Å². The molecule has 4 aliphatic rings. The molecule has 0 atom stereocenters. The molecule has 2 saturated carbocycles. The minimum absolute atomic E-state index is 0.00926. The van der Waals surface area contributed by atoms with E-state index in [0.29, 0.717) is 55.5 Å². The van der Waals surface area contributed by atoms with Gasteiger partial charge in [0.2, 0.25) is 5.91 Å². The number of benzene rings is 1. The van der Waals surface area contributed by atoms with Gasteiger partial charge in [-0.25, -0.2) is 27.5 Å². The molecule has 1 aromatic carbocycles. The highest BCUT2D eigenvalue weighted by Crippen LogP contribution is 2.53. The summed E-state index contributed by atoms with van der Waals surface area (Å²) >= 11 is 0. The van der Waals surface area contributed by atoms with Crippen LogP contribution < -0.4 is 15.0 Å². The summed E-state index contributed by atoms with van der Waals surface area (Å²) in [4.78, 5) is 26.3. The summed E-state index contributed by atoms with van der Waals surface area (Å²) in [6.07, 6.45) is 1.78. The molecule has 2 aromatic rings. The first-order chi connectivity index (χ1) is 17.1. The number of anilines is 2. The Morgan fingerprint density at radius 3 is 2.47 bits per heavy atom. The number of amides is 1. The number of alkyl halides is 2. The smallest absolute Gasteiger partial charge is 0.252 e. The molecule has 1 spiro atoms. The lowest BCUT2D eigenvalue weighted by molar-refractivity contribution is -0.134. The molecule has 1 aromatic heterocycles. The van der Waals surface area contributed by atoms with Crippen molar-refractivity contribution in [3.05, 3.63) is 41.2 Å². The highest BCUT2D eigenvalue weighted by molar-refractivity contribution is 5.92. The van der Waals surface area contributed by atoms with Crippen LogP contribution in [0.3, 0.4) is 0 Å². The topological polar surface area (TPSA) is 70.6 Å². The van der Waals surface area contributed by atoms with E-state index in [9.17, 15) is 22.4 Å². The van der Waals surface area contributed by atoms with E-state index in [2.05, 4.69) is 5.32 Å². The summed E-state index contributed by atoms with van der Waals surface area (Å²) < 4.78 is 60.0. The molecule has 0 radical (unpaired) electrons. The second-order valence-corrected chi connectivity index (χ2v) is 10.4. The normalized spacial score (nSPS) is 22.9. The summed E-state index contributed by atoms with van der Waals surface area (Å²) in [5, 5.41) is 3.17. The fourth-order valence-corrected chi connectivity index (χ4v) is 5.50. The van der Waals surface area contributed by atoms with E-state index >= 15 is 0 Å². The maximum absolute atomic E-state index is 14.0. The van der Waals surface area contributed by atoms with Crippen molar-refractivity contribution in [2.45, 2.75) is 68.6 Å². The van der Waals surface area contributed by atoms with Gasteiger partial charge in [-0.1, -0.05) is 0 Å². The van der Waals surface area contributed by atoms with E-state index in [-0.39, 0.29) is 30.6 Å². The van der Waals surface area contributed by atoms with Gasteiger partial charge in [-0.3, -0.25) is 4.79 Å². The Morgan fingerprint density at radius 2 is 1.83 bits per heavy atom. The second kappa shape index (κ2) is 8.21. The van der Waals surface area contributed by atoms with Gasteiger partial charge >= 0.3 is 0 Å². The number of aromatic nitrogens is 2. The van der Waals surface area contributed by atoms with Crippen LogP contribution in [0.25, 0.3) is 0 Å². The predicted molar refractivity (Wildman–Crippen MR) is 123 cm³/mol. The molecular formula is C25H27F4N5O2. The Labute approximate surface area is 205 Å². The zero-order chi connectivity index (χ0) is 25.2. The number of piperidine rings is 1. The average molecular weight is 506 g/mol. The first-order valence-electron chi connectivity index (χ1n) is 12.3. The third-order valence-electron chi connectivity index (χ3n) is 7.66. The molecule has 1 amide bonds. The van der Waals surface area contributed by atoms with E-state index < -0.39 is 29.0 Å². The molecule has 11 heteroatoms. The SMILES string of the molecule is CN1Cc2nc(NC3CC(F)(F)C3)c(N3CCC(Oc4ccc(F)cc4F)CC3)nc2C2(CC2)C1=O. The molecule has 0 bridgehead atoms. The maximum Gasteiger partial charge on any atom is 0.252 e. The van der Waals surface area contributed by atoms with Crippen LogP contribution in [0.1, 0.15) is 49.9 Å².